The van der Waals surface area contributed by atoms with Crippen molar-refractivity contribution in [3.63, 3.8) is 0 Å². The van der Waals surface area contributed by atoms with Crippen LogP contribution in [0.15, 0.2) is 18.2 Å². The minimum atomic E-state index is -2.02. The standard InChI is InChI=1S/C19H30BNO5Si/c1-18(2,3)25-17(22)15-13-10-9-12(26-27(7,8)19(4,5)6)11-14(13)21-16(15)20(23)24/h9-11,21,23-24H,1-8H3. The van der Waals surface area contributed by atoms with Crippen molar-refractivity contribution in [2.24, 2.45) is 0 Å². The van der Waals surface area contributed by atoms with E-state index < -0.39 is 27.0 Å². The molecule has 2 rings (SSSR count). The van der Waals surface area contributed by atoms with Gasteiger partial charge in [-0.25, -0.2) is 4.79 Å². The summed E-state index contributed by atoms with van der Waals surface area (Å²) in [5.74, 6) is 0.0833. The Bertz CT molecular complexity index is 846. The third kappa shape index (κ3) is 4.75. The van der Waals surface area contributed by atoms with Crippen LogP contribution in [-0.4, -0.2) is 42.0 Å². The molecule has 1 aromatic carbocycles. The molecule has 0 amide bonds. The van der Waals surface area contributed by atoms with Crippen molar-refractivity contribution in [1.82, 2.24) is 4.98 Å². The van der Waals surface area contributed by atoms with Gasteiger partial charge in [-0.2, -0.15) is 0 Å². The molecule has 0 saturated heterocycles. The van der Waals surface area contributed by atoms with Crippen LogP contribution in [0, 0.1) is 0 Å². The molecule has 1 heterocycles. The molecule has 0 aliphatic carbocycles. The maximum Gasteiger partial charge on any atom is 0.506 e. The largest absolute Gasteiger partial charge is 0.543 e. The van der Waals surface area contributed by atoms with Gasteiger partial charge in [0.15, 0.2) is 0 Å². The van der Waals surface area contributed by atoms with Gasteiger partial charge in [0.1, 0.15) is 11.4 Å². The van der Waals surface area contributed by atoms with E-state index in [9.17, 15) is 14.8 Å². The highest BCUT2D eigenvalue weighted by molar-refractivity contribution is 6.74. The van der Waals surface area contributed by atoms with E-state index in [4.69, 9.17) is 9.16 Å². The Kier molecular flexibility index (Phi) is 5.58. The van der Waals surface area contributed by atoms with E-state index in [-0.39, 0.29) is 16.2 Å². The van der Waals surface area contributed by atoms with Crippen molar-refractivity contribution in [1.29, 1.82) is 0 Å². The van der Waals surface area contributed by atoms with Gasteiger partial charge in [0.2, 0.25) is 8.32 Å². The first kappa shape index (κ1) is 21.5. The maximum atomic E-state index is 12.6. The highest BCUT2D eigenvalue weighted by atomic mass is 28.4. The molecule has 0 aliphatic heterocycles. The fourth-order valence-electron chi connectivity index (χ4n) is 2.45. The summed E-state index contributed by atoms with van der Waals surface area (Å²) >= 11 is 0. The van der Waals surface area contributed by atoms with E-state index in [1.165, 1.54) is 0 Å². The summed E-state index contributed by atoms with van der Waals surface area (Å²) in [6.07, 6.45) is 0. The molecule has 2 aromatic rings. The van der Waals surface area contributed by atoms with Crippen LogP contribution in [0.5, 0.6) is 5.75 Å². The minimum Gasteiger partial charge on any atom is -0.543 e. The van der Waals surface area contributed by atoms with Crippen molar-refractivity contribution in [2.45, 2.75) is 65.3 Å². The molecule has 3 N–H and O–H groups in total. The lowest BCUT2D eigenvalue weighted by Gasteiger charge is -2.36. The summed E-state index contributed by atoms with van der Waals surface area (Å²) in [6, 6.07) is 5.34. The predicted molar refractivity (Wildman–Crippen MR) is 111 cm³/mol. The number of H-pyrrole nitrogens is 1. The van der Waals surface area contributed by atoms with Crippen LogP contribution in [0.1, 0.15) is 51.9 Å². The molecule has 0 aliphatic rings. The number of benzene rings is 1. The van der Waals surface area contributed by atoms with Gasteiger partial charge in [-0.3, -0.25) is 0 Å². The second-order valence-corrected chi connectivity index (χ2v) is 14.1. The summed E-state index contributed by atoms with van der Waals surface area (Å²) in [7, 11) is -3.83. The van der Waals surface area contributed by atoms with Gasteiger partial charge in [0, 0.05) is 17.0 Å². The molecular formula is C19H30BNO5Si. The van der Waals surface area contributed by atoms with Crippen molar-refractivity contribution < 1.29 is 24.0 Å². The molecule has 27 heavy (non-hydrogen) atoms. The Hall–Kier alpha value is -1.77. The Balaban J connectivity index is 2.51. The second-order valence-electron chi connectivity index (χ2n) is 9.36. The maximum absolute atomic E-state index is 12.6. The molecule has 0 unspecified atom stereocenters. The van der Waals surface area contributed by atoms with Crippen LogP contribution < -0.4 is 10.0 Å². The average Bonchev–Trinajstić information content (AvgIpc) is 2.82. The molecule has 8 heteroatoms. The first-order valence-electron chi connectivity index (χ1n) is 9.06. The number of hydrogen-bond donors (Lipinski definition) is 3. The van der Waals surface area contributed by atoms with Gasteiger partial charge < -0.3 is 24.2 Å². The first-order chi connectivity index (χ1) is 12.1. The highest BCUT2D eigenvalue weighted by Gasteiger charge is 2.39. The lowest BCUT2D eigenvalue weighted by Crippen LogP contribution is -2.43. The summed E-state index contributed by atoms with van der Waals surface area (Å²) in [6.45, 7) is 16.1. The van der Waals surface area contributed by atoms with Gasteiger partial charge >= 0.3 is 13.1 Å². The van der Waals surface area contributed by atoms with Crippen LogP contribution in [0.3, 0.4) is 0 Å². The molecule has 0 saturated carbocycles. The smallest absolute Gasteiger partial charge is 0.506 e. The summed E-state index contributed by atoms with van der Waals surface area (Å²) in [5, 5.41) is 20.0. The van der Waals surface area contributed by atoms with Crippen LogP contribution in [0.4, 0.5) is 0 Å². The first-order valence-corrected chi connectivity index (χ1v) is 12.0. The van der Waals surface area contributed by atoms with Crippen LogP contribution in [0.25, 0.3) is 10.9 Å². The van der Waals surface area contributed by atoms with E-state index in [2.05, 4.69) is 38.8 Å². The number of carbonyl (C=O) groups is 1. The number of rotatable bonds is 4. The molecule has 0 spiro atoms. The van der Waals surface area contributed by atoms with Crippen molar-refractivity contribution in [2.75, 3.05) is 0 Å². The third-order valence-electron chi connectivity index (χ3n) is 4.84. The van der Waals surface area contributed by atoms with Gasteiger partial charge in [0.05, 0.1) is 11.2 Å². The van der Waals surface area contributed by atoms with Crippen molar-refractivity contribution in [3.8, 4) is 5.75 Å². The van der Waals surface area contributed by atoms with Crippen molar-refractivity contribution in [3.05, 3.63) is 23.8 Å². The predicted octanol–water partition coefficient (Wildman–Crippen LogP) is 3.19. The van der Waals surface area contributed by atoms with Crippen LogP contribution in [0.2, 0.25) is 18.1 Å². The molecule has 1 aromatic heterocycles. The normalized spacial score (nSPS) is 13.0. The molecule has 6 nitrogen and oxygen atoms in total. The number of carbonyl (C=O) groups excluding carboxylic acids is 1. The number of esters is 1. The number of hydrogen-bond acceptors (Lipinski definition) is 5. The van der Waals surface area contributed by atoms with E-state index in [1.54, 1.807) is 39.0 Å². The van der Waals surface area contributed by atoms with E-state index in [0.29, 0.717) is 16.7 Å². The number of ether oxygens (including phenoxy) is 1. The molecule has 148 valence electrons. The summed E-state index contributed by atoms with van der Waals surface area (Å²) < 4.78 is 11.7. The van der Waals surface area contributed by atoms with E-state index in [0.717, 1.165) is 0 Å². The number of aromatic nitrogens is 1. The molecule has 0 atom stereocenters. The number of aromatic amines is 1. The lowest BCUT2D eigenvalue weighted by atomic mass is 9.83. The Morgan fingerprint density at radius 1 is 1.11 bits per heavy atom. The van der Waals surface area contributed by atoms with Crippen LogP contribution in [-0.2, 0) is 4.74 Å². The SMILES string of the molecule is CC(C)(C)OC(=O)c1c(B(O)O)[nH]c2cc(O[Si](C)(C)C(C)(C)C)ccc12. The zero-order chi connectivity index (χ0) is 20.8. The van der Waals surface area contributed by atoms with Crippen molar-refractivity contribution >= 4 is 37.9 Å². The second kappa shape index (κ2) is 7.00. The Morgan fingerprint density at radius 2 is 1.70 bits per heavy atom. The molecule has 0 fully saturated rings. The minimum absolute atomic E-state index is 0.0173. The summed E-state index contributed by atoms with van der Waals surface area (Å²) in [5.41, 5.74) is 0.0525. The quantitative estimate of drug-likeness (QED) is 0.550. The zero-order valence-corrected chi connectivity index (χ0v) is 18.4. The van der Waals surface area contributed by atoms with Gasteiger partial charge in [0.25, 0.3) is 0 Å². The molecular weight excluding hydrogens is 361 g/mol. The Morgan fingerprint density at radius 3 is 2.19 bits per heavy atom. The van der Waals surface area contributed by atoms with E-state index >= 15 is 0 Å². The topological polar surface area (TPSA) is 91.8 Å². The number of fused-ring (bicyclic) bond motifs is 1. The Labute approximate surface area is 162 Å². The monoisotopic (exact) mass is 391 g/mol. The van der Waals surface area contributed by atoms with Crippen LogP contribution >= 0.6 is 0 Å². The fourth-order valence-corrected chi connectivity index (χ4v) is 3.47. The van der Waals surface area contributed by atoms with E-state index in [1.807, 2.05) is 0 Å². The van der Waals surface area contributed by atoms with Gasteiger partial charge in [-0.05, 0) is 51.0 Å². The lowest BCUT2D eigenvalue weighted by molar-refractivity contribution is 0.00729. The average molecular weight is 391 g/mol. The highest BCUT2D eigenvalue weighted by Crippen LogP contribution is 2.38. The van der Waals surface area contributed by atoms with Gasteiger partial charge in [-0.1, -0.05) is 20.8 Å². The molecule has 0 bridgehead atoms. The zero-order valence-electron chi connectivity index (χ0n) is 17.4. The number of nitrogens with one attached hydrogen (secondary N) is 1. The fraction of sp³-hybridized carbons (Fsp3) is 0.526. The third-order valence-corrected chi connectivity index (χ3v) is 9.20. The summed E-state index contributed by atoms with van der Waals surface area (Å²) in [4.78, 5) is 15.5. The molecule has 0 radical (unpaired) electrons. The van der Waals surface area contributed by atoms with Gasteiger partial charge in [-0.15, -0.1) is 0 Å².